The Morgan fingerprint density at radius 3 is 2.31 bits per heavy atom. The second-order valence-electron chi connectivity index (χ2n) is 5.21. The number of para-hydroxylation sites is 1. The van der Waals surface area contributed by atoms with Gasteiger partial charge in [0.1, 0.15) is 0 Å². The third-order valence-electron chi connectivity index (χ3n) is 3.26. The fourth-order valence-electron chi connectivity index (χ4n) is 1.94. The molecule has 0 aromatic heterocycles. The van der Waals surface area contributed by atoms with E-state index >= 15 is 0 Å². The van der Waals surface area contributed by atoms with Crippen LogP contribution in [-0.4, -0.2) is 32.7 Å². The van der Waals surface area contributed by atoms with Crippen LogP contribution in [-0.2, 0) is 24.2 Å². The molecule has 0 spiro atoms. The first-order valence-electron chi connectivity index (χ1n) is 7.46. The summed E-state index contributed by atoms with van der Waals surface area (Å²) in [5, 5.41) is 3.25. The molecule has 0 aliphatic carbocycles. The first-order chi connectivity index (χ1) is 12.3. The molecule has 0 aliphatic heterocycles. The molecule has 138 valence electrons. The quantitative estimate of drug-likeness (QED) is 0.700. The third kappa shape index (κ3) is 6.01. The van der Waals surface area contributed by atoms with Crippen molar-refractivity contribution in [1.82, 2.24) is 0 Å². The number of amides is 1. The monoisotopic (exact) mass is 415 g/mol. The highest BCUT2D eigenvalue weighted by Crippen LogP contribution is 2.20. The normalized spacial score (nSPS) is 11.0. The molecule has 6 nitrogen and oxygen atoms in total. The Hall–Kier alpha value is -2.09. The van der Waals surface area contributed by atoms with Crippen molar-refractivity contribution in [1.29, 1.82) is 0 Å². The van der Waals surface area contributed by atoms with Crippen LogP contribution in [0.1, 0.15) is 6.42 Å². The van der Waals surface area contributed by atoms with Crippen molar-refractivity contribution in [3.63, 3.8) is 0 Å². The number of sulfone groups is 1. The number of hydrogen-bond donors (Lipinski definition) is 1. The van der Waals surface area contributed by atoms with Crippen LogP contribution in [0.25, 0.3) is 0 Å². The summed E-state index contributed by atoms with van der Waals surface area (Å²) in [6, 6.07) is 12.2. The van der Waals surface area contributed by atoms with E-state index in [0.717, 1.165) is 0 Å². The van der Waals surface area contributed by atoms with Crippen LogP contribution in [0.5, 0.6) is 0 Å². The molecule has 0 fully saturated rings. The summed E-state index contributed by atoms with van der Waals surface area (Å²) in [5.41, 5.74) is 0.389. The molecule has 0 bridgehead atoms. The number of anilines is 1. The van der Waals surface area contributed by atoms with E-state index in [9.17, 15) is 18.0 Å². The zero-order valence-corrected chi connectivity index (χ0v) is 15.8. The molecule has 1 amide bonds. The molecule has 0 aliphatic rings. The molecule has 0 radical (unpaired) electrons. The largest absolute Gasteiger partial charge is 0.456 e. The predicted octanol–water partition coefficient (Wildman–Crippen LogP) is 3.34. The zero-order valence-electron chi connectivity index (χ0n) is 13.4. The van der Waals surface area contributed by atoms with Gasteiger partial charge in [0.15, 0.2) is 16.4 Å². The molecule has 2 aromatic rings. The second-order valence-corrected chi connectivity index (χ2v) is 8.16. The van der Waals surface area contributed by atoms with Crippen molar-refractivity contribution in [3.05, 3.63) is 58.6 Å². The SMILES string of the molecule is O=C(COC(=O)CCS(=O)(=O)c1ccc(Cl)cc1)Nc1ccccc1Cl. The average Bonchev–Trinajstić information content (AvgIpc) is 2.60. The minimum atomic E-state index is -3.64. The molecular formula is C17H15Cl2NO5S. The molecule has 9 heteroatoms. The third-order valence-corrected chi connectivity index (χ3v) is 5.57. The van der Waals surface area contributed by atoms with Crippen LogP contribution >= 0.6 is 23.2 Å². The van der Waals surface area contributed by atoms with Crippen molar-refractivity contribution >= 4 is 50.6 Å². The van der Waals surface area contributed by atoms with Gasteiger partial charge in [-0.3, -0.25) is 9.59 Å². The number of halogens is 2. The standard InChI is InChI=1S/C17H15Cl2NO5S/c18-12-5-7-13(8-6-12)26(23,24)10-9-17(22)25-11-16(21)20-15-4-2-1-3-14(15)19/h1-8H,9-11H2,(H,20,21). The van der Waals surface area contributed by atoms with E-state index in [2.05, 4.69) is 5.32 Å². The van der Waals surface area contributed by atoms with Gasteiger partial charge in [-0.15, -0.1) is 0 Å². The highest BCUT2D eigenvalue weighted by molar-refractivity contribution is 7.91. The van der Waals surface area contributed by atoms with Gasteiger partial charge in [0, 0.05) is 5.02 Å². The Morgan fingerprint density at radius 1 is 1.00 bits per heavy atom. The minimum Gasteiger partial charge on any atom is -0.456 e. The highest BCUT2D eigenvalue weighted by Gasteiger charge is 2.18. The van der Waals surface area contributed by atoms with E-state index in [1.807, 2.05) is 0 Å². The van der Waals surface area contributed by atoms with E-state index in [1.54, 1.807) is 24.3 Å². The van der Waals surface area contributed by atoms with Crippen molar-refractivity contribution < 1.29 is 22.7 Å². The Morgan fingerprint density at radius 2 is 1.65 bits per heavy atom. The molecule has 0 heterocycles. The molecule has 0 atom stereocenters. The van der Waals surface area contributed by atoms with Crippen molar-refractivity contribution in [3.8, 4) is 0 Å². The molecule has 2 aromatic carbocycles. The molecule has 1 N–H and O–H groups in total. The van der Waals surface area contributed by atoms with Gasteiger partial charge in [-0.05, 0) is 36.4 Å². The molecule has 0 saturated heterocycles. The summed E-state index contributed by atoms with van der Waals surface area (Å²) in [6.07, 6.45) is -0.371. The number of rotatable bonds is 7. The number of nitrogens with one attached hydrogen (secondary N) is 1. The molecular weight excluding hydrogens is 401 g/mol. The van der Waals surface area contributed by atoms with Crippen molar-refractivity contribution in [2.45, 2.75) is 11.3 Å². The fourth-order valence-corrected chi connectivity index (χ4v) is 3.48. The van der Waals surface area contributed by atoms with E-state index in [-0.39, 0.29) is 11.3 Å². The zero-order chi connectivity index (χ0) is 19.2. The van der Waals surface area contributed by atoms with Crippen LogP contribution in [0.3, 0.4) is 0 Å². The molecule has 0 saturated carbocycles. The van der Waals surface area contributed by atoms with Gasteiger partial charge in [0.2, 0.25) is 0 Å². The molecule has 0 unspecified atom stereocenters. The summed E-state index contributed by atoms with van der Waals surface area (Å²) in [4.78, 5) is 23.5. The lowest BCUT2D eigenvalue weighted by molar-refractivity contribution is -0.146. The Balaban J connectivity index is 1.80. The number of carbonyl (C=O) groups excluding carboxylic acids is 2. The van der Waals surface area contributed by atoms with Crippen LogP contribution in [0, 0.1) is 0 Å². The van der Waals surface area contributed by atoms with Gasteiger partial charge >= 0.3 is 5.97 Å². The number of hydrogen-bond acceptors (Lipinski definition) is 5. The van der Waals surface area contributed by atoms with E-state index in [0.29, 0.717) is 15.7 Å². The van der Waals surface area contributed by atoms with Gasteiger partial charge in [-0.1, -0.05) is 35.3 Å². The van der Waals surface area contributed by atoms with Gasteiger partial charge in [-0.2, -0.15) is 0 Å². The summed E-state index contributed by atoms with van der Waals surface area (Å²) in [7, 11) is -3.64. The maximum atomic E-state index is 12.1. The van der Waals surface area contributed by atoms with Crippen LogP contribution in [0.2, 0.25) is 10.0 Å². The van der Waals surface area contributed by atoms with Crippen LogP contribution < -0.4 is 5.32 Å². The lowest BCUT2D eigenvalue weighted by atomic mass is 10.3. The van der Waals surface area contributed by atoms with Gasteiger partial charge in [0.25, 0.3) is 5.91 Å². The topological polar surface area (TPSA) is 89.5 Å². The van der Waals surface area contributed by atoms with Crippen molar-refractivity contribution in [2.24, 2.45) is 0 Å². The summed E-state index contributed by atoms with van der Waals surface area (Å²) >= 11 is 11.6. The van der Waals surface area contributed by atoms with E-state index < -0.39 is 34.1 Å². The van der Waals surface area contributed by atoms with Crippen LogP contribution in [0.15, 0.2) is 53.4 Å². The summed E-state index contributed by atoms with van der Waals surface area (Å²) in [5.74, 6) is -1.80. The predicted molar refractivity (Wildman–Crippen MR) is 99.2 cm³/mol. The molecule has 26 heavy (non-hydrogen) atoms. The Bertz CT molecular complexity index is 898. The number of benzene rings is 2. The Kier molecular flexibility index (Phi) is 7.02. The maximum Gasteiger partial charge on any atom is 0.307 e. The second kappa shape index (κ2) is 9.02. The smallest absolute Gasteiger partial charge is 0.307 e. The lowest BCUT2D eigenvalue weighted by Crippen LogP contribution is -2.22. The minimum absolute atomic E-state index is 0.0613. The lowest BCUT2D eigenvalue weighted by Gasteiger charge is -2.08. The number of carbonyl (C=O) groups is 2. The van der Waals surface area contributed by atoms with Gasteiger partial charge in [-0.25, -0.2) is 8.42 Å². The first kappa shape index (κ1) is 20.2. The highest BCUT2D eigenvalue weighted by atomic mass is 35.5. The van der Waals surface area contributed by atoms with E-state index in [1.165, 1.54) is 24.3 Å². The Labute approximate surface area is 161 Å². The maximum absolute atomic E-state index is 12.1. The average molecular weight is 416 g/mol. The summed E-state index contributed by atoms with van der Waals surface area (Å²) < 4.78 is 29.0. The summed E-state index contributed by atoms with van der Waals surface area (Å²) in [6.45, 7) is -0.537. The molecule has 2 rings (SSSR count). The van der Waals surface area contributed by atoms with E-state index in [4.69, 9.17) is 27.9 Å². The van der Waals surface area contributed by atoms with Gasteiger partial charge < -0.3 is 10.1 Å². The first-order valence-corrected chi connectivity index (χ1v) is 9.87. The fraction of sp³-hybridized carbons (Fsp3) is 0.176. The number of ether oxygens (including phenoxy) is 1. The van der Waals surface area contributed by atoms with Crippen molar-refractivity contribution in [2.75, 3.05) is 17.7 Å². The van der Waals surface area contributed by atoms with Gasteiger partial charge in [0.05, 0.1) is 27.8 Å². The van der Waals surface area contributed by atoms with Crippen LogP contribution in [0.4, 0.5) is 5.69 Å². The number of esters is 1.